The van der Waals surface area contributed by atoms with E-state index < -0.39 is 0 Å². The van der Waals surface area contributed by atoms with Crippen LogP contribution >= 0.6 is 11.6 Å². The first kappa shape index (κ1) is 16.8. The predicted molar refractivity (Wildman–Crippen MR) is 90.4 cm³/mol. The van der Waals surface area contributed by atoms with Crippen molar-refractivity contribution in [2.75, 3.05) is 18.5 Å². The summed E-state index contributed by atoms with van der Waals surface area (Å²) in [7, 11) is 0. The number of anilines is 1. The van der Waals surface area contributed by atoms with Crippen molar-refractivity contribution in [1.82, 2.24) is 5.32 Å². The number of nitrogens with one attached hydrogen (secondary N) is 2. The van der Waals surface area contributed by atoms with Gasteiger partial charge in [-0.25, -0.2) is 4.79 Å². The molecule has 5 nitrogen and oxygen atoms in total. The predicted octanol–water partition coefficient (Wildman–Crippen LogP) is 3.74. The molecule has 120 valence electrons. The lowest BCUT2D eigenvalue weighted by Crippen LogP contribution is -2.32. The van der Waals surface area contributed by atoms with Crippen molar-refractivity contribution in [2.45, 2.75) is 6.92 Å². The fourth-order valence-electron chi connectivity index (χ4n) is 1.86. The Morgan fingerprint density at radius 1 is 1.13 bits per heavy atom. The number of carbonyl (C=O) groups is 2. The summed E-state index contributed by atoms with van der Waals surface area (Å²) in [6.45, 7) is 2.16. The minimum absolute atomic E-state index is 0.0505. The van der Waals surface area contributed by atoms with Crippen molar-refractivity contribution in [3.63, 3.8) is 0 Å². The second-order valence-corrected chi connectivity index (χ2v) is 5.26. The van der Waals surface area contributed by atoms with Crippen LogP contribution in [0.25, 0.3) is 0 Å². The topological polar surface area (TPSA) is 67.4 Å². The first-order valence-electron chi connectivity index (χ1n) is 7.09. The molecule has 2 rings (SSSR count). The SMILES string of the molecule is CC(=O)c1cccc(NC(=O)NCCOc2ccc(Cl)cc2)c1. The molecule has 0 aliphatic carbocycles. The number of hydrogen-bond donors (Lipinski definition) is 2. The number of ketones is 1. The van der Waals surface area contributed by atoms with Crippen LogP contribution in [0, 0.1) is 0 Å². The van der Waals surface area contributed by atoms with Crippen molar-refractivity contribution in [2.24, 2.45) is 0 Å². The highest BCUT2D eigenvalue weighted by molar-refractivity contribution is 6.30. The van der Waals surface area contributed by atoms with Crippen LogP contribution in [-0.4, -0.2) is 25.0 Å². The monoisotopic (exact) mass is 332 g/mol. The van der Waals surface area contributed by atoms with E-state index in [9.17, 15) is 9.59 Å². The van der Waals surface area contributed by atoms with E-state index in [0.29, 0.717) is 35.2 Å². The Morgan fingerprint density at radius 2 is 1.87 bits per heavy atom. The Bertz CT molecular complexity index is 686. The second kappa shape index (κ2) is 8.19. The molecule has 2 amide bonds. The van der Waals surface area contributed by atoms with Gasteiger partial charge in [-0.3, -0.25) is 4.79 Å². The first-order chi connectivity index (χ1) is 11.0. The number of ether oxygens (including phenoxy) is 1. The van der Waals surface area contributed by atoms with Crippen LogP contribution in [0.15, 0.2) is 48.5 Å². The van der Waals surface area contributed by atoms with Crippen molar-refractivity contribution >= 4 is 29.1 Å². The lowest BCUT2D eigenvalue weighted by Gasteiger charge is -2.09. The molecule has 23 heavy (non-hydrogen) atoms. The van der Waals surface area contributed by atoms with Gasteiger partial charge in [0.1, 0.15) is 12.4 Å². The summed E-state index contributed by atoms with van der Waals surface area (Å²) in [6, 6.07) is 13.4. The average Bonchev–Trinajstić information content (AvgIpc) is 2.53. The molecule has 0 spiro atoms. The third kappa shape index (κ3) is 5.64. The van der Waals surface area contributed by atoms with Gasteiger partial charge in [0.2, 0.25) is 0 Å². The van der Waals surface area contributed by atoms with E-state index in [4.69, 9.17) is 16.3 Å². The van der Waals surface area contributed by atoms with Crippen LogP contribution in [0.1, 0.15) is 17.3 Å². The van der Waals surface area contributed by atoms with Gasteiger partial charge in [-0.05, 0) is 43.3 Å². The molecule has 0 radical (unpaired) electrons. The third-order valence-corrected chi connectivity index (χ3v) is 3.25. The quantitative estimate of drug-likeness (QED) is 0.625. The van der Waals surface area contributed by atoms with Gasteiger partial charge in [-0.15, -0.1) is 0 Å². The number of hydrogen-bond acceptors (Lipinski definition) is 3. The molecule has 6 heteroatoms. The molecule has 0 fully saturated rings. The molecule has 0 aliphatic heterocycles. The van der Waals surface area contributed by atoms with E-state index in [1.165, 1.54) is 6.92 Å². The van der Waals surface area contributed by atoms with E-state index >= 15 is 0 Å². The van der Waals surface area contributed by atoms with Crippen LogP contribution in [0.3, 0.4) is 0 Å². The number of rotatable bonds is 6. The van der Waals surface area contributed by atoms with Crippen molar-refractivity contribution in [3.05, 3.63) is 59.1 Å². The smallest absolute Gasteiger partial charge is 0.319 e. The Kier molecular flexibility index (Phi) is 6.00. The molecule has 0 aromatic heterocycles. The molecule has 0 saturated carbocycles. The Balaban J connectivity index is 1.74. The summed E-state index contributed by atoms with van der Waals surface area (Å²) in [6.07, 6.45) is 0. The molecule has 2 aromatic rings. The standard InChI is InChI=1S/C17H17ClN2O3/c1-12(21)13-3-2-4-15(11-13)20-17(22)19-9-10-23-16-7-5-14(18)6-8-16/h2-8,11H,9-10H2,1H3,(H2,19,20,22). The third-order valence-electron chi connectivity index (χ3n) is 3.00. The summed E-state index contributed by atoms with van der Waals surface area (Å²) < 4.78 is 5.47. The van der Waals surface area contributed by atoms with Gasteiger partial charge < -0.3 is 15.4 Å². The normalized spacial score (nSPS) is 10.0. The maximum absolute atomic E-state index is 11.8. The molecule has 0 bridgehead atoms. The summed E-state index contributed by atoms with van der Waals surface area (Å²) in [5.74, 6) is 0.635. The molecule has 0 saturated heterocycles. The minimum Gasteiger partial charge on any atom is -0.492 e. The number of halogens is 1. The number of Topliss-reactive ketones (excluding diaryl/α,β-unsaturated/α-hetero) is 1. The van der Waals surface area contributed by atoms with Crippen LogP contribution in [-0.2, 0) is 0 Å². The van der Waals surface area contributed by atoms with Crippen LogP contribution < -0.4 is 15.4 Å². The van der Waals surface area contributed by atoms with E-state index in [-0.39, 0.29) is 11.8 Å². The highest BCUT2D eigenvalue weighted by Gasteiger charge is 2.04. The van der Waals surface area contributed by atoms with Gasteiger partial charge in [0, 0.05) is 16.3 Å². The van der Waals surface area contributed by atoms with Gasteiger partial charge in [-0.1, -0.05) is 23.7 Å². The molecule has 2 N–H and O–H groups in total. The molecule has 0 atom stereocenters. The van der Waals surface area contributed by atoms with Gasteiger partial charge in [0.15, 0.2) is 5.78 Å². The van der Waals surface area contributed by atoms with Crippen molar-refractivity contribution in [1.29, 1.82) is 0 Å². The van der Waals surface area contributed by atoms with Crippen LogP contribution in [0.5, 0.6) is 5.75 Å². The molecular formula is C17H17ClN2O3. The molecule has 2 aromatic carbocycles. The highest BCUT2D eigenvalue weighted by atomic mass is 35.5. The summed E-state index contributed by atoms with van der Waals surface area (Å²) >= 11 is 5.78. The summed E-state index contributed by atoms with van der Waals surface area (Å²) in [4.78, 5) is 23.1. The lowest BCUT2D eigenvalue weighted by molar-refractivity contribution is 0.101. The maximum atomic E-state index is 11.8. The second-order valence-electron chi connectivity index (χ2n) is 4.82. The minimum atomic E-state index is -0.356. The van der Waals surface area contributed by atoms with E-state index in [2.05, 4.69) is 10.6 Å². The number of benzene rings is 2. The molecule has 0 aliphatic rings. The van der Waals surface area contributed by atoms with Gasteiger partial charge in [0.25, 0.3) is 0 Å². The summed E-state index contributed by atoms with van der Waals surface area (Å²) in [5.41, 5.74) is 1.11. The molecule has 0 heterocycles. The molecule has 0 unspecified atom stereocenters. The van der Waals surface area contributed by atoms with Crippen molar-refractivity contribution in [3.8, 4) is 5.75 Å². The summed E-state index contributed by atoms with van der Waals surface area (Å²) in [5, 5.41) is 5.98. The molecular weight excluding hydrogens is 316 g/mol. The first-order valence-corrected chi connectivity index (χ1v) is 7.46. The lowest BCUT2D eigenvalue weighted by atomic mass is 10.1. The van der Waals surface area contributed by atoms with Crippen LogP contribution in [0.4, 0.5) is 10.5 Å². The fraction of sp³-hybridized carbons (Fsp3) is 0.176. The Labute approximate surface area is 139 Å². The number of amides is 2. The number of carbonyl (C=O) groups excluding carboxylic acids is 2. The maximum Gasteiger partial charge on any atom is 0.319 e. The van der Waals surface area contributed by atoms with Gasteiger partial charge >= 0.3 is 6.03 Å². The zero-order valence-electron chi connectivity index (χ0n) is 12.6. The number of urea groups is 1. The zero-order valence-corrected chi connectivity index (χ0v) is 13.4. The van der Waals surface area contributed by atoms with E-state index in [1.54, 1.807) is 48.5 Å². The van der Waals surface area contributed by atoms with Gasteiger partial charge in [-0.2, -0.15) is 0 Å². The Hall–Kier alpha value is -2.53. The van der Waals surface area contributed by atoms with Crippen LogP contribution in [0.2, 0.25) is 5.02 Å². The van der Waals surface area contributed by atoms with E-state index in [1.807, 2.05) is 0 Å². The zero-order chi connectivity index (χ0) is 16.7. The highest BCUT2D eigenvalue weighted by Crippen LogP contribution is 2.15. The largest absolute Gasteiger partial charge is 0.492 e. The van der Waals surface area contributed by atoms with Gasteiger partial charge in [0.05, 0.1) is 6.54 Å². The van der Waals surface area contributed by atoms with Crippen molar-refractivity contribution < 1.29 is 14.3 Å². The average molecular weight is 333 g/mol. The Morgan fingerprint density at radius 3 is 2.57 bits per heavy atom. The fourth-order valence-corrected chi connectivity index (χ4v) is 1.98. The van der Waals surface area contributed by atoms with E-state index in [0.717, 1.165) is 0 Å².